The summed E-state index contributed by atoms with van der Waals surface area (Å²) in [6.45, 7) is 3.83. The first kappa shape index (κ1) is 14.1. The van der Waals surface area contributed by atoms with Crippen LogP contribution in [0.25, 0.3) is 0 Å². The third-order valence-corrected chi connectivity index (χ3v) is 2.91. The van der Waals surface area contributed by atoms with Crippen LogP contribution in [0.2, 0.25) is 5.02 Å². The summed E-state index contributed by atoms with van der Waals surface area (Å²) < 4.78 is 18.0. The van der Waals surface area contributed by atoms with Crippen molar-refractivity contribution in [3.63, 3.8) is 0 Å². The van der Waals surface area contributed by atoms with Crippen LogP contribution in [-0.4, -0.2) is 19.0 Å². The quantitative estimate of drug-likeness (QED) is 0.810. The molecule has 17 heavy (non-hydrogen) atoms. The van der Waals surface area contributed by atoms with Gasteiger partial charge in [-0.15, -0.1) is 0 Å². The van der Waals surface area contributed by atoms with E-state index in [9.17, 15) is 9.18 Å². The van der Waals surface area contributed by atoms with Gasteiger partial charge in [0.1, 0.15) is 11.9 Å². The van der Waals surface area contributed by atoms with Crippen molar-refractivity contribution in [1.29, 1.82) is 0 Å². The number of benzene rings is 1. The van der Waals surface area contributed by atoms with Gasteiger partial charge in [0, 0.05) is 18.6 Å². The Kier molecular flexibility index (Phi) is 5.09. The Hall–Kier alpha value is -0.930. The van der Waals surface area contributed by atoms with Gasteiger partial charge in [-0.2, -0.15) is 0 Å². The van der Waals surface area contributed by atoms with Gasteiger partial charge in [0.2, 0.25) is 0 Å². The number of carbonyl (C=O) groups is 1. The number of carbonyl (C=O) groups excluding carboxylic acids is 1. The van der Waals surface area contributed by atoms with E-state index in [-0.39, 0.29) is 23.1 Å². The Morgan fingerprint density at radius 1 is 1.47 bits per heavy atom. The summed E-state index contributed by atoms with van der Waals surface area (Å²) in [6, 6.07) is 4.04. The van der Waals surface area contributed by atoms with Crippen LogP contribution in [0, 0.1) is 11.7 Å². The summed E-state index contributed by atoms with van der Waals surface area (Å²) in [5, 5.41) is 0.275. The second-order valence-electron chi connectivity index (χ2n) is 4.28. The molecule has 0 saturated heterocycles. The first-order valence-corrected chi connectivity index (χ1v) is 5.83. The van der Waals surface area contributed by atoms with Gasteiger partial charge >= 0.3 is 0 Å². The van der Waals surface area contributed by atoms with Gasteiger partial charge in [-0.3, -0.25) is 4.79 Å². The zero-order valence-corrected chi connectivity index (χ0v) is 10.9. The highest BCUT2D eigenvalue weighted by Crippen LogP contribution is 2.19. The number of ketones is 1. The third-order valence-electron chi connectivity index (χ3n) is 2.56. The van der Waals surface area contributed by atoms with Gasteiger partial charge in [-0.05, 0) is 23.6 Å². The average molecular weight is 259 g/mol. The van der Waals surface area contributed by atoms with E-state index in [1.807, 2.05) is 13.8 Å². The number of Topliss-reactive ketones (excluding diaryl/α,β-unsaturated/α-hetero) is 1. The monoisotopic (exact) mass is 258 g/mol. The Morgan fingerprint density at radius 2 is 2.12 bits per heavy atom. The summed E-state index contributed by atoms with van der Waals surface area (Å²) in [7, 11) is 1.51. The predicted molar refractivity (Wildman–Crippen MR) is 65.8 cm³/mol. The van der Waals surface area contributed by atoms with Crippen LogP contribution in [-0.2, 0) is 16.0 Å². The van der Waals surface area contributed by atoms with Crippen LogP contribution in [0.3, 0.4) is 0 Å². The van der Waals surface area contributed by atoms with Crippen molar-refractivity contribution in [2.24, 2.45) is 5.92 Å². The smallest absolute Gasteiger partial charge is 0.166 e. The fraction of sp³-hybridized carbons (Fsp3) is 0.462. The highest BCUT2D eigenvalue weighted by Gasteiger charge is 2.22. The lowest BCUT2D eigenvalue weighted by molar-refractivity contribution is -0.130. The molecular formula is C13H16ClFO2. The molecule has 0 saturated carbocycles. The molecule has 1 aromatic carbocycles. The van der Waals surface area contributed by atoms with Gasteiger partial charge in [-0.25, -0.2) is 4.39 Å². The van der Waals surface area contributed by atoms with Crippen LogP contribution in [0.1, 0.15) is 19.4 Å². The van der Waals surface area contributed by atoms with E-state index in [2.05, 4.69) is 0 Å². The van der Waals surface area contributed by atoms with E-state index in [0.29, 0.717) is 5.56 Å². The zero-order chi connectivity index (χ0) is 13.0. The van der Waals surface area contributed by atoms with Crippen molar-refractivity contribution in [2.45, 2.75) is 26.4 Å². The highest BCUT2D eigenvalue weighted by atomic mass is 35.5. The minimum atomic E-state index is -0.448. The average Bonchev–Trinajstić information content (AvgIpc) is 2.22. The van der Waals surface area contributed by atoms with E-state index in [0.717, 1.165) is 0 Å². The second kappa shape index (κ2) is 6.12. The number of ether oxygens (including phenoxy) is 1. The largest absolute Gasteiger partial charge is 0.373 e. The minimum Gasteiger partial charge on any atom is -0.373 e. The number of methoxy groups -OCH3 is 1. The molecule has 1 aromatic rings. The second-order valence-corrected chi connectivity index (χ2v) is 4.69. The Balaban J connectivity index is 2.80. The Labute approximate surface area is 106 Å². The molecule has 0 spiro atoms. The zero-order valence-electron chi connectivity index (χ0n) is 10.2. The SMILES string of the molecule is COC(C(=O)Cc1ccc(F)cc1Cl)C(C)C. The van der Waals surface area contributed by atoms with Gasteiger partial charge in [0.15, 0.2) is 5.78 Å². The molecule has 94 valence electrons. The molecule has 1 unspecified atom stereocenters. The van der Waals surface area contributed by atoms with Crippen LogP contribution >= 0.6 is 11.6 Å². The standard InChI is InChI=1S/C13H16ClFO2/c1-8(2)13(17-3)12(16)6-9-4-5-10(15)7-11(9)14/h4-5,7-8,13H,6H2,1-3H3. The normalized spacial score (nSPS) is 12.8. The number of hydrogen-bond donors (Lipinski definition) is 0. The molecule has 4 heteroatoms. The summed E-state index contributed by atoms with van der Waals surface area (Å²) in [5.41, 5.74) is 0.626. The highest BCUT2D eigenvalue weighted by molar-refractivity contribution is 6.31. The molecule has 0 aromatic heterocycles. The lowest BCUT2D eigenvalue weighted by Gasteiger charge is -2.18. The molecule has 0 aliphatic carbocycles. The maximum atomic E-state index is 12.8. The van der Waals surface area contributed by atoms with Crippen molar-refractivity contribution in [1.82, 2.24) is 0 Å². The Bertz CT molecular complexity index is 404. The van der Waals surface area contributed by atoms with E-state index < -0.39 is 11.9 Å². The molecular weight excluding hydrogens is 243 g/mol. The van der Waals surface area contributed by atoms with Crippen molar-refractivity contribution in [3.05, 3.63) is 34.6 Å². The summed E-state index contributed by atoms with van der Waals surface area (Å²) in [4.78, 5) is 11.9. The van der Waals surface area contributed by atoms with Crippen LogP contribution in [0.5, 0.6) is 0 Å². The molecule has 0 heterocycles. The van der Waals surface area contributed by atoms with Gasteiger partial charge in [0.25, 0.3) is 0 Å². The van der Waals surface area contributed by atoms with Crippen LogP contribution in [0.4, 0.5) is 4.39 Å². The molecule has 0 aliphatic heterocycles. The molecule has 1 atom stereocenters. The number of hydrogen-bond acceptors (Lipinski definition) is 2. The minimum absolute atomic E-state index is 0.0454. The third kappa shape index (κ3) is 3.79. The van der Waals surface area contributed by atoms with Crippen LogP contribution in [0.15, 0.2) is 18.2 Å². The summed E-state index contributed by atoms with van der Waals surface area (Å²) in [5.74, 6) is -0.346. The summed E-state index contributed by atoms with van der Waals surface area (Å²) >= 11 is 5.87. The molecule has 1 rings (SSSR count). The summed E-state index contributed by atoms with van der Waals surface area (Å²) in [6.07, 6.45) is -0.286. The lowest BCUT2D eigenvalue weighted by atomic mass is 9.98. The molecule has 0 bridgehead atoms. The van der Waals surface area contributed by atoms with E-state index >= 15 is 0 Å². The number of rotatable bonds is 5. The first-order chi connectivity index (χ1) is 7.95. The Morgan fingerprint density at radius 3 is 2.59 bits per heavy atom. The van der Waals surface area contributed by atoms with Gasteiger partial charge in [0.05, 0.1) is 0 Å². The lowest BCUT2D eigenvalue weighted by Crippen LogP contribution is -2.30. The van der Waals surface area contributed by atoms with Gasteiger partial charge in [-0.1, -0.05) is 31.5 Å². The molecule has 0 amide bonds. The fourth-order valence-corrected chi connectivity index (χ4v) is 1.96. The topological polar surface area (TPSA) is 26.3 Å². The maximum absolute atomic E-state index is 12.8. The van der Waals surface area contributed by atoms with Crippen molar-refractivity contribution in [3.8, 4) is 0 Å². The molecule has 0 N–H and O–H groups in total. The van der Waals surface area contributed by atoms with Crippen molar-refractivity contribution in [2.75, 3.05) is 7.11 Å². The molecule has 2 nitrogen and oxygen atoms in total. The van der Waals surface area contributed by atoms with E-state index in [4.69, 9.17) is 16.3 Å². The van der Waals surface area contributed by atoms with E-state index in [1.54, 1.807) is 0 Å². The molecule has 0 radical (unpaired) electrons. The van der Waals surface area contributed by atoms with Gasteiger partial charge < -0.3 is 4.74 Å². The van der Waals surface area contributed by atoms with Crippen molar-refractivity contribution >= 4 is 17.4 Å². The maximum Gasteiger partial charge on any atom is 0.166 e. The molecule has 0 aliphatic rings. The van der Waals surface area contributed by atoms with Crippen LogP contribution < -0.4 is 0 Å². The fourth-order valence-electron chi connectivity index (χ4n) is 1.73. The molecule has 0 fully saturated rings. The first-order valence-electron chi connectivity index (χ1n) is 5.45. The number of halogens is 2. The van der Waals surface area contributed by atoms with E-state index in [1.165, 1.54) is 25.3 Å². The predicted octanol–water partition coefficient (Wildman–Crippen LogP) is 3.26. The van der Waals surface area contributed by atoms with Crippen molar-refractivity contribution < 1.29 is 13.9 Å².